The lowest BCUT2D eigenvalue weighted by Crippen LogP contribution is -2.49. The van der Waals surface area contributed by atoms with Crippen LogP contribution in [0.1, 0.15) is 51.7 Å². The summed E-state index contributed by atoms with van der Waals surface area (Å²) in [6, 6.07) is 0. The van der Waals surface area contributed by atoms with Crippen LogP contribution in [0.3, 0.4) is 0 Å². The molecule has 1 amide bonds. The highest BCUT2D eigenvalue weighted by atomic mass is 19.3. The molecule has 0 unspecified atom stereocenters. The van der Waals surface area contributed by atoms with E-state index in [1.165, 1.54) is 10.9 Å². The molecular weight excluding hydrogens is 302 g/mol. The summed E-state index contributed by atoms with van der Waals surface area (Å²) < 4.78 is 28.0. The molecule has 2 saturated heterocycles. The normalized spacial score (nSPS) is 20.4. The third kappa shape index (κ3) is 2.98. The zero-order valence-electron chi connectivity index (χ0n) is 13.7. The van der Waals surface area contributed by atoms with Gasteiger partial charge >= 0.3 is 0 Å². The number of halogens is 2. The first-order chi connectivity index (χ1) is 10.9. The van der Waals surface area contributed by atoms with Gasteiger partial charge in [-0.2, -0.15) is 5.10 Å². The van der Waals surface area contributed by atoms with E-state index in [2.05, 4.69) is 15.3 Å². The van der Waals surface area contributed by atoms with Crippen LogP contribution in [-0.2, 0) is 11.3 Å². The number of alkyl halides is 2. The fourth-order valence-electron chi connectivity index (χ4n) is 3.88. The number of fused-ring (bicyclic) bond motifs is 1. The van der Waals surface area contributed by atoms with Crippen molar-refractivity contribution < 1.29 is 13.6 Å². The average Bonchev–Trinajstić information content (AvgIpc) is 3.10. The van der Waals surface area contributed by atoms with Crippen molar-refractivity contribution in [2.75, 3.05) is 18.4 Å². The van der Waals surface area contributed by atoms with Crippen molar-refractivity contribution in [3.8, 4) is 0 Å². The Morgan fingerprint density at radius 2 is 2.00 bits per heavy atom. The van der Waals surface area contributed by atoms with Gasteiger partial charge in [-0.1, -0.05) is 13.8 Å². The van der Waals surface area contributed by atoms with Gasteiger partial charge in [-0.25, -0.2) is 8.78 Å². The van der Waals surface area contributed by atoms with E-state index in [0.717, 1.165) is 38.8 Å². The van der Waals surface area contributed by atoms with Crippen molar-refractivity contribution in [2.24, 2.45) is 5.92 Å². The Labute approximate surface area is 135 Å². The lowest BCUT2D eigenvalue weighted by atomic mass is 9.93. The summed E-state index contributed by atoms with van der Waals surface area (Å²) in [6.07, 6.45) is 2.43. The summed E-state index contributed by atoms with van der Waals surface area (Å²) in [6.45, 7) is 6.38. The summed E-state index contributed by atoms with van der Waals surface area (Å²) >= 11 is 0. The van der Waals surface area contributed by atoms with Crippen molar-refractivity contribution in [2.45, 2.75) is 58.0 Å². The molecule has 0 saturated carbocycles. The van der Waals surface area contributed by atoms with Crippen LogP contribution in [0, 0.1) is 5.92 Å². The van der Waals surface area contributed by atoms with Gasteiger partial charge in [-0.3, -0.25) is 14.4 Å². The Morgan fingerprint density at radius 1 is 1.35 bits per heavy atom. The molecule has 7 heteroatoms. The van der Waals surface area contributed by atoms with Gasteiger partial charge in [0.05, 0.1) is 5.69 Å². The smallest absolute Gasteiger partial charge is 0.284 e. The third-order valence-corrected chi connectivity index (χ3v) is 4.86. The van der Waals surface area contributed by atoms with Gasteiger partial charge in [0, 0.05) is 12.7 Å². The van der Waals surface area contributed by atoms with Gasteiger partial charge < -0.3 is 5.32 Å². The van der Waals surface area contributed by atoms with E-state index in [-0.39, 0.29) is 17.3 Å². The molecule has 3 rings (SSSR count). The van der Waals surface area contributed by atoms with E-state index in [1.807, 2.05) is 13.8 Å². The van der Waals surface area contributed by atoms with Crippen LogP contribution in [0.4, 0.5) is 14.5 Å². The standard InChI is InChI=1S/C16H24F2N4O/c1-11(2)9-22-10-12(13(20-22)14(17)18)19-15(23)16-5-3-7-21(16)8-4-6-16/h10-11,14H,3-9H2,1-2H3,(H,19,23). The number of hydrogen-bond donors (Lipinski definition) is 1. The Kier molecular flexibility index (Phi) is 4.40. The van der Waals surface area contributed by atoms with E-state index in [9.17, 15) is 13.6 Å². The molecule has 23 heavy (non-hydrogen) atoms. The highest BCUT2D eigenvalue weighted by Gasteiger charge is 2.50. The number of anilines is 1. The van der Waals surface area contributed by atoms with E-state index in [0.29, 0.717) is 12.5 Å². The second-order valence-corrected chi connectivity index (χ2v) is 7.02. The SMILES string of the molecule is CC(C)Cn1cc(NC(=O)C23CCCN2CCC3)c(C(F)F)n1. The number of aromatic nitrogens is 2. The van der Waals surface area contributed by atoms with E-state index in [4.69, 9.17) is 0 Å². The molecule has 5 nitrogen and oxygen atoms in total. The van der Waals surface area contributed by atoms with E-state index < -0.39 is 12.0 Å². The lowest BCUT2D eigenvalue weighted by Gasteiger charge is -2.30. The molecule has 0 bridgehead atoms. The van der Waals surface area contributed by atoms with Crippen molar-refractivity contribution in [1.29, 1.82) is 0 Å². The molecule has 0 aromatic carbocycles. The summed E-state index contributed by atoms with van der Waals surface area (Å²) in [5, 5.41) is 6.70. The maximum atomic E-state index is 13.2. The van der Waals surface area contributed by atoms with Gasteiger partial charge in [-0.15, -0.1) is 0 Å². The minimum Gasteiger partial charge on any atom is -0.321 e. The summed E-state index contributed by atoms with van der Waals surface area (Å²) in [5.74, 6) is 0.140. The topological polar surface area (TPSA) is 50.2 Å². The number of amides is 1. The average molecular weight is 326 g/mol. The molecule has 0 radical (unpaired) electrons. The maximum Gasteiger partial charge on any atom is 0.284 e. The molecule has 3 heterocycles. The second-order valence-electron chi connectivity index (χ2n) is 7.02. The van der Waals surface area contributed by atoms with Crippen molar-refractivity contribution >= 4 is 11.6 Å². The van der Waals surface area contributed by atoms with Crippen molar-refractivity contribution in [1.82, 2.24) is 14.7 Å². The van der Waals surface area contributed by atoms with Crippen LogP contribution in [0.25, 0.3) is 0 Å². The zero-order valence-corrected chi connectivity index (χ0v) is 13.7. The monoisotopic (exact) mass is 326 g/mol. The lowest BCUT2D eigenvalue weighted by molar-refractivity contribution is -0.125. The number of rotatable bonds is 5. The Balaban J connectivity index is 1.81. The maximum absolute atomic E-state index is 13.2. The minimum absolute atomic E-state index is 0.152. The fourth-order valence-corrected chi connectivity index (χ4v) is 3.88. The van der Waals surface area contributed by atoms with Gasteiger partial charge in [0.15, 0.2) is 5.69 Å². The van der Waals surface area contributed by atoms with Gasteiger partial charge in [0.2, 0.25) is 5.91 Å². The first kappa shape index (κ1) is 16.4. The molecule has 128 valence electrons. The van der Waals surface area contributed by atoms with Crippen molar-refractivity contribution in [3.05, 3.63) is 11.9 Å². The molecule has 1 aromatic heterocycles. The van der Waals surface area contributed by atoms with Gasteiger partial charge in [0.1, 0.15) is 5.54 Å². The molecule has 2 aliphatic rings. The predicted molar refractivity (Wildman–Crippen MR) is 83.4 cm³/mol. The highest BCUT2D eigenvalue weighted by molar-refractivity contribution is 5.99. The second kappa shape index (κ2) is 6.19. The molecule has 0 aliphatic carbocycles. The number of carbonyl (C=O) groups excluding carboxylic acids is 1. The number of nitrogens with one attached hydrogen (secondary N) is 1. The fraction of sp³-hybridized carbons (Fsp3) is 0.750. The summed E-state index contributed by atoms with van der Waals surface area (Å²) in [7, 11) is 0. The first-order valence-corrected chi connectivity index (χ1v) is 8.34. The molecule has 2 fully saturated rings. The van der Waals surface area contributed by atoms with Crippen LogP contribution < -0.4 is 5.32 Å². The molecule has 0 spiro atoms. The molecular formula is C16H24F2N4O. The van der Waals surface area contributed by atoms with Crippen LogP contribution >= 0.6 is 0 Å². The third-order valence-electron chi connectivity index (χ3n) is 4.86. The zero-order chi connectivity index (χ0) is 16.6. The number of nitrogens with zero attached hydrogens (tertiary/aromatic N) is 3. The van der Waals surface area contributed by atoms with Crippen LogP contribution in [0.15, 0.2) is 6.20 Å². The van der Waals surface area contributed by atoms with Crippen LogP contribution in [0.2, 0.25) is 0 Å². The molecule has 0 atom stereocenters. The number of carbonyl (C=O) groups is 1. The Bertz CT molecular complexity index is 575. The Hall–Kier alpha value is -1.50. The molecule has 1 N–H and O–H groups in total. The summed E-state index contributed by atoms with van der Waals surface area (Å²) in [4.78, 5) is 15.0. The van der Waals surface area contributed by atoms with Crippen LogP contribution in [-0.4, -0.2) is 39.2 Å². The van der Waals surface area contributed by atoms with E-state index >= 15 is 0 Å². The predicted octanol–water partition coefficient (Wildman–Crippen LogP) is 3.04. The van der Waals surface area contributed by atoms with Crippen molar-refractivity contribution in [3.63, 3.8) is 0 Å². The van der Waals surface area contributed by atoms with Gasteiger partial charge in [-0.05, 0) is 44.7 Å². The summed E-state index contributed by atoms with van der Waals surface area (Å²) in [5.41, 5.74) is -0.684. The quantitative estimate of drug-likeness (QED) is 0.905. The largest absolute Gasteiger partial charge is 0.321 e. The Morgan fingerprint density at radius 3 is 2.57 bits per heavy atom. The van der Waals surface area contributed by atoms with E-state index in [1.54, 1.807) is 0 Å². The number of hydrogen-bond acceptors (Lipinski definition) is 3. The molecule has 1 aromatic rings. The van der Waals surface area contributed by atoms with Gasteiger partial charge in [0.25, 0.3) is 6.43 Å². The highest BCUT2D eigenvalue weighted by Crippen LogP contribution is 2.40. The first-order valence-electron chi connectivity index (χ1n) is 8.34. The minimum atomic E-state index is -2.69. The van der Waals surface area contributed by atoms with Crippen LogP contribution in [0.5, 0.6) is 0 Å². The molecule has 2 aliphatic heterocycles.